The van der Waals surface area contributed by atoms with E-state index in [-0.39, 0.29) is 6.61 Å². The van der Waals surface area contributed by atoms with E-state index < -0.39 is 17.8 Å². The molecule has 1 unspecified atom stereocenters. The summed E-state index contributed by atoms with van der Waals surface area (Å²) in [6.45, 7) is 1.97. The number of amides is 1. The molecule has 0 radical (unpaired) electrons. The van der Waals surface area contributed by atoms with Crippen molar-refractivity contribution in [3.8, 4) is 0 Å². The van der Waals surface area contributed by atoms with Crippen molar-refractivity contribution in [2.75, 3.05) is 6.61 Å². The normalized spacial score (nSPS) is 16.4. The lowest BCUT2D eigenvalue weighted by Gasteiger charge is -2.14. The van der Waals surface area contributed by atoms with Crippen LogP contribution in [0.15, 0.2) is 23.8 Å². The Kier molecular flexibility index (Phi) is 4.76. The van der Waals surface area contributed by atoms with Crippen molar-refractivity contribution in [3.63, 3.8) is 0 Å². The molecule has 0 heterocycles. The summed E-state index contributed by atoms with van der Waals surface area (Å²) in [7, 11) is 0. The molecule has 0 aromatic rings. The monoisotopic (exact) mass is 223 g/mol. The second-order valence-electron chi connectivity index (χ2n) is 3.67. The van der Waals surface area contributed by atoms with Gasteiger partial charge in [-0.1, -0.05) is 23.8 Å². The lowest BCUT2D eigenvalue weighted by atomic mass is 9.95. The Balaban J connectivity index is 2.64. The average molecular weight is 223 g/mol. The molecule has 1 rings (SSSR count). The average Bonchev–Trinajstić information content (AvgIpc) is 2.27. The Hall–Kier alpha value is -1.58. The number of nitrogens with two attached hydrogens (primary N) is 1. The van der Waals surface area contributed by atoms with Crippen molar-refractivity contribution in [2.45, 2.75) is 26.2 Å². The first-order valence-corrected chi connectivity index (χ1v) is 5.46. The third kappa shape index (κ3) is 3.53. The molecule has 0 aromatic heterocycles. The molecule has 1 aliphatic carbocycles. The van der Waals surface area contributed by atoms with Gasteiger partial charge in [-0.15, -0.1) is 0 Å². The van der Waals surface area contributed by atoms with Crippen LogP contribution in [0.5, 0.6) is 0 Å². The van der Waals surface area contributed by atoms with Crippen LogP contribution in [0.2, 0.25) is 0 Å². The van der Waals surface area contributed by atoms with Gasteiger partial charge in [0.15, 0.2) is 0 Å². The Bertz CT molecular complexity index is 331. The third-order valence-corrected chi connectivity index (χ3v) is 2.43. The molecule has 0 bridgehead atoms. The summed E-state index contributed by atoms with van der Waals surface area (Å²) in [5.41, 5.74) is 6.17. The first-order valence-electron chi connectivity index (χ1n) is 5.46. The van der Waals surface area contributed by atoms with Crippen LogP contribution < -0.4 is 5.73 Å². The van der Waals surface area contributed by atoms with Gasteiger partial charge >= 0.3 is 5.97 Å². The van der Waals surface area contributed by atoms with E-state index in [1.54, 1.807) is 6.92 Å². The Morgan fingerprint density at radius 3 is 2.75 bits per heavy atom. The zero-order valence-corrected chi connectivity index (χ0v) is 9.44. The highest BCUT2D eigenvalue weighted by atomic mass is 16.5. The number of rotatable bonds is 5. The highest BCUT2D eigenvalue weighted by Gasteiger charge is 2.26. The fourth-order valence-corrected chi connectivity index (χ4v) is 1.60. The number of hydrogen-bond acceptors (Lipinski definition) is 3. The van der Waals surface area contributed by atoms with Gasteiger partial charge in [0.2, 0.25) is 5.91 Å². The zero-order chi connectivity index (χ0) is 12.0. The van der Waals surface area contributed by atoms with E-state index in [2.05, 4.69) is 0 Å². The smallest absolute Gasteiger partial charge is 0.318 e. The van der Waals surface area contributed by atoms with Gasteiger partial charge in [-0.2, -0.15) is 0 Å². The van der Waals surface area contributed by atoms with Gasteiger partial charge < -0.3 is 10.5 Å². The van der Waals surface area contributed by atoms with Crippen molar-refractivity contribution in [1.82, 2.24) is 0 Å². The highest BCUT2D eigenvalue weighted by molar-refractivity contribution is 5.97. The molecule has 2 N–H and O–H groups in total. The molecule has 0 spiro atoms. The molecule has 0 aliphatic heterocycles. The predicted octanol–water partition coefficient (Wildman–Crippen LogP) is 1.32. The lowest BCUT2D eigenvalue weighted by Crippen LogP contribution is -2.32. The summed E-state index contributed by atoms with van der Waals surface area (Å²) in [6, 6.07) is 0. The van der Waals surface area contributed by atoms with Crippen LogP contribution >= 0.6 is 0 Å². The number of carbonyl (C=O) groups excluding carboxylic acids is 2. The predicted molar refractivity (Wildman–Crippen MR) is 60.4 cm³/mol. The van der Waals surface area contributed by atoms with Crippen molar-refractivity contribution < 1.29 is 14.3 Å². The number of allylic oxidation sites excluding steroid dienone is 4. The SMILES string of the molecule is CCOC(=O)C(CC1=CCCC=C1)C(N)=O. The van der Waals surface area contributed by atoms with Crippen LogP contribution in [0.3, 0.4) is 0 Å². The van der Waals surface area contributed by atoms with Crippen LogP contribution in [-0.2, 0) is 14.3 Å². The Morgan fingerprint density at radius 2 is 2.25 bits per heavy atom. The van der Waals surface area contributed by atoms with Gasteiger partial charge in [0.25, 0.3) is 0 Å². The van der Waals surface area contributed by atoms with E-state index in [9.17, 15) is 9.59 Å². The topological polar surface area (TPSA) is 69.4 Å². The summed E-state index contributed by atoms with van der Waals surface area (Å²) in [6.07, 6.45) is 8.27. The number of esters is 1. The first-order chi connectivity index (χ1) is 7.65. The van der Waals surface area contributed by atoms with E-state index in [4.69, 9.17) is 10.5 Å². The van der Waals surface area contributed by atoms with Crippen LogP contribution in [0.1, 0.15) is 26.2 Å². The molecular weight excluding hydrogens is 206 g/mol. The zero-order valence-electron chi connectivity index (χ0n) is 9.44. The van der Waals surface area contributed by atoms with E-state index in [0.717, 1.165) is 18.4 Å². The molecule has 4 heteroatoms. The van der Waals surface area contributed by atoms with Gasteiger partial charge in [-0.3, -0.25) is 9.59 Å². The maximum absolute atomic E-state index is 11.5. The summed E-state index contributed by atoms with van der Waals surface area (Å²) < 4.78 is 4.82. The van der Waals surface area contributed by atoms with Crippen LogP contribution in [-0.4, -0.2) is 18.5 Å². The largest absolute Gasteiger partial charge is 0.465 e. The minimum atomic E-state index is -0.867. The van der Waals surface area contributed by atoms with E-state index >= 15 is 0 Å². The standard InChI is InChI=1S/C12H17NO3/c1-2-16-12(15)10(11(13)14)8-9-6-4-3-5-7-9/h4,6-7,10H,2-3,5,8H2,1H3,(H2,13,14). The van der Waals surface area contributed by atoms with Gasteiger partial charge in [-0.05, 0) is 26.2 Å². The van der Waals surface area contributed by atoms with Gasteiger partial charge in [-0.25, -0.2) is 0 Å². The number of primary amides is 1. The lowest BCUT2D eigenvalue weighted by molar-refractivity contribution is -0.151. The molecule has 16 heavy (non-hydrogen) atoms. The molecule has 0 fully saturated rings. The van der Waals surface area contributed by atoms with E-state index in [1.807, 2.05) is 18.2 Å². The summed E-state index contributed by atoms with van der Waals surface area (Å²) in [5, 5.41) is 0. The second kappa shape index (κ2) is 6.10. The third-order valence-electron chi connectivity index (χ3n) is 2.43. The minimum Gasteiger partial charge on any atom is -0.465 e. The van der Waals surface area contributed by atoms with Gasteiger partial charge in [0, 0.05) is 0 Å². The van der Waals surface area contributed by atoms with Crippen molar-refractivity contribution in [1.29, 1.82) is 0 Å². The molecule has 88 valence electrons. The molecule has 0 saturated carbocycles. The van der Waals surface area contributed by atoms with Crippen LogP contribution in [0, 0.1) is 5.92 Å². The maximum atomic E-state index is 11.5. The van der Waals surface area contributed by atoms with Crippen molar-refractivity contribution in [3.05, 3.63) is 23.8 Å². The maximum Gasteiger partial charge on any atom is 0.318 e. The number of ether oxygens (including phenoxy) is 1. The fraction of sp³-hybridized carbons (Fsp3) is 0.500. The summed E-state index contributed by atoms with van der Waals surface area (Å²) in [5.74, 6) is -2.03. The van der Waals surface area contributed by atoms with Crippen LogP contribution in [0.4, 0.5) is 0 Å². The number of carbonyl (C=O) groups is 2. The van der Waals surface area contributed by atoms with E-state index in [1.165, 1.54) is 0 Å². The van der Waals surface area contributed by atoms with Gasteiger partial charge in [0.1, 0.15) is 5.92 Å². The van der Waals surface area contributed by atoms with Crippen LogP contribution in [0.25, 0.3) is 0 Å². The fourth-order valence-electron chi connectivity index (χ4n) is 1.60. The van der Waals surface area contributed by atoms with Gasteiger partial charge in [0.05, 0.1) is 6.61 Å². The molecule has 0 saturated heterocycles. The molecule has 1 atom stereocenters. The Labute approximate surface area is 95.1 Å². The summed E-state index contributed by atoms with van der Waals surface area (Å²) in [4.78, 5) is 22.6. The van der Waals surface area contributed by atoms with Crippen molar-refractivity contribution >= 4 is 11.9 Å². The minimum absolute atomic E-state index is 0.261. The first kappa shape index (κ1) is 12.5. The highest BCUT2D eigenvalue weighted by Crippen LogP contribution is 2.19. The molecule has 1 amide bonds. The second-order valence-corrected chi connectivity index (χ2v) is 3.67. The quantitative estimate of drug-likeness (QED) is 0.564. The molecule has 0 aromatic carbocycles. The Morgan fingerprint density at radius 1 is 1.50 bits per heavy atom. The molecular formula is C12H17NO3. The van der Waals surface area contributed by atoms with Crippen molar-refractivity contribution in [2.24, 2.45) is 11.7 Å². The molecule has 1 aliphatic rings. The number of hydrogen-bond donors (Lipinski definition) is 1. The van der Waals surface area contributed by atoms with E-state index in [0.29, 0.717) is 6.42 Å². The molecule has 4 nitrogen and oxygen atoms in total. The summed E-state index contributed by atoms with van der Waals surface area (Å²) >= 11 is 0.